The van der Waals surface area contributed by atoms with E-state index in [2.05, 4.69) is 31.9 Å². The van der Waals surface area contributed by atoms with Gasteiger partial charge in [0.1, 0.15) is 18.2 Å². The SMILES string of the molecule is Fc1cc(Br)c(Br)c(OCc2ccccc2)c1. The van der Waals surface area contributed by atoms with Crippen molar-refractivity contribution in [1.82, 2.24) is 0 Å². The van der Waals surface area contributed by atoms with Crippen LogP contribution in [0.1, 0.15) is 5.56 Å². The third-order valence-electron chi connectivity index (χ3n) is 2.20. The number of hydrogen-bond acceptors (Lipinski definition) is 1. The molecule has 0 aliphatic carbocycles. The highest BCUT2D eigenvalue weighted by Gasteiger charge is 2.08. The smallest absolute Gasteiger partial charge is 0.138 e. The van der Waals surface area contributed by atoms with Crippen molar-refractivity contribution in [3.05, 3.63) is 62.8 Å². The molecule has 4 heteroatoms. The molecule has 2 aromatic carbocycles. The van der Waals surface area contributed by atoms with Crippen molar-refractivity contribution in [1.29, 1.82) is 0 Å². The molecule has 0 N–H and O–H groups in total. The number of rotatable bonds is 3. The lowest BCUT2D eigenvalue weighted by atomic mass is 10.2. The first-order valence-corrected chi connectivity index (χ1v) is 6.56. The number of hydrogen-bond donors (Lipinski definition) is 0. The Morgan fingerprint density at radius 1 is 1.06 bits per heavy atom. The van der Waals surface area contributed by atoms with Crippen LogP contribution in [0.2, 0.25) is 0 Å². The molecule has 0 fully saturated rings. The molecule has 1 nitrogen and oxygen atoms in total. The Kier molecular flexibility index (Phi) is 4.18. The Bertz CT molecular complexity index is 514. The molecule has 0 saturated heterocycles. The summed E-state index contributed by atoms with van der Waals surface area (Å²) in [6.45, 7) is 0.412. The van der Waals surface area contributed by atoms with Gasteiger partial charge in [-0.3, -0.25) is 0 Å². The van der Waals surface area contributed by atoms with Crippen molar-refractivity contribution in [3.8, 4) is 5.75 Å². The molecule has 0 aliphatic heterocycles. The molecule has 0 amide bonds. The highest BCUT2D eigenvalue weighted by Crippen LogP contribution is 2.34. The first kappa shape index (κ1) is 12.6. The Morgan fingerprint density at radius 2 is 1.76 bits per heavy atom. The van der Waals surface area contributed by atoms with Gasteiger partial charge in [-0.1, -0.05) is 30.3 Å². The van der Waals surface area contributed by atoms with E-state index < -0.39 is 0 Å². The van der Waals surface area contributed by atoms with E-state index in [1.54, 1.807) is 0 Å². The molecule has 17 heavy (non-hydrogen) atoms. The van der Waals surface area contributed by atoms with Crippen molar-refractivity contribution >= 4 is 31.9 Å². The van der Waals surface area contributed by atoms with Crippen LogP contribution in [0.25, 0.3) is 0 Å². The normalized spacial score (nSPS) is 10.3. The van der Waals surface area contributed by atoms with E-state index in [9.17, 15) is 4.39 Å². The average molecular weight is 360 g/mol. The Balaban J connectivity index is 2.14. The number of halogens is 3. The van der Waals surface area contributed by atoms with Crippen molar-refractivity contribution < 1.29 is 9.13 Å². The van der Waals surface area contributed by atoms with Crippen LogP contribution in [0.5, 0.6) is 5.75 Å². The molecule has 2 aromatic rings. The lowest BCUT2D eigenvalue weighted by molar-refractivity contribution is 0.302. The van der Waals surface area contributed by atoms with E-state index in [0.717, 1.165) is 10.0 Å². The van der Waals surface area contributed by atoms with Gasteiger partial charge in [-0.2, -0.15) is 0 Å². The van der Waals surface area contributed by atoms with Crippen LogP contribution in [0.4, 0.5) is 4.39 Å². The van der Waals surface area contributed by atoms with E-state index >= 15 is 0 Å². The molecule has 0 heterocycles. The number of benzene rings is 2. The fraction of sp³-hybridized carbons (Fsp3) is 0.0769. The maximum Gasteiger partial charge on any atom is 0.138 e. The summed E-state index contributed by atoms with van der Waals surface area (Å²) in [4.78, 5) is 0. The highest BCUT2D eigenvalue weighted by molar-refractivity contribution is 9.13. The number of ether oxygens (including phenoxy) is 1. The monoisotopic (exact) mass is 358 g/mol. The average Bonchev–Trinajstić information content (AvgIpc) is 2.33. The van der Waals surface area contributed by atoms with Crippen molar-refractivity contribution in [2.75, 3.05) is 0 Å². The molecule has 0 saturated carbocycles. The molecule has 0 unspecified atom stereocenters. The van der Waals surface area contributed by atoms with Gasteiger partial charge in [0.25, 0.3) is 0 Å². The van der Waals surface area contributed by atoms with Gasteiger partial charge in [0, 0.05) is 10.5 Å². The first-order valence-electron chi connectivity index (χ1n) is 4.98. The van der Waals surface area contributed by atoms with Crippen molar-refractivity contribution in [2.45, 2.75) is 6.61 Å². The molecule has 0 bridgehead atoms. The zero-order valence-electron chi connectivity index (χ0n) is 8.79. The zero-order valence-corrected chi connectivity index (χ0v) is 12.0. The Morgan fingerprint density at radius 3 is 2.47 bits per heavy atom. The molecule has 0 aromatic heterocycles. The van der Waals surface area contributed by atoms with Gasteiger partial charge in [0.05, 0.1) is 4.47 Å². The van der Waals surface area contributed by atoms with E-state index in [0.29, 0.717) is 16.8 Å². The summed E-state index contributed by atoms with van der Waals surface area (Å²) in [6.07, 6.45) is 0. The second kappa shape index (κ2) is 5.65. The fourth-order valence-corrected chi connectivity index (χ4v) is 2.13. The predicted molar refractivity (Wildman–Crippen MR) is 72.6 cm³/mol. The minimum Gasteiger partial charge on any atom is -0.488 e. The molecular weight excluding hydrogens is 351 g/mol. The second-order valence-electron chi connectivity index (χ2n) is 3.47. The zero-order chi connectivity index (χ0) is 12.3. The lowest BCUT2D eigenvalue weighted by Crippen LogP contribution is -1.96. The van der Waals surface area contributed by atoms with Crippen molar-refractivity contribution in [2.24, 2.45) is 0 Å². The summed E-state index contributed by atoms with van der Waals surface area (Å²) in [6, 6.07) is 12.5. The van der Waals surface area contributed by atoms with Crippen molar-refractivity contribution in [3.63, 3.8) is 0 Å². The van der Waals surface area contributed by atoms with Crippen LogP contribution in [0.15, 0.2) is 51.4 Å². The minimum absolute atomic E-state index is 0.330. The second-order valence-corrected chi connectivity index (χ2v) is 5.12. The van der Waals surface area contributed by atoms with E-state index in [1.807, 2.05) is 30.3 Å². The molecule has 0 radical (unpaired) electrons. The Labute approximate surface area is 116 Å². The third kappa shape index (κ3) is 3.30. The van der Waals surface area contributed by atoms with Gasteiger partial charge >= 0.3 is 0 Å². The van der Waals surface area contributed by atoms with Crippen LogP contribution >= 0.6 is 31.9 Å². The Hall–Kier alpha value is -0.870. The predicted octanol–water partition coefficient (Wildman–Crippen LogP) is 4.93. The molecule has 2 rings (SSSR count). The molecule has 0 atom stereocenters. The van der Waals surface area contributed by atoms with Crippen LogP contribution in [-0.4, -0.2) is 0 Å². The maximum absolute atomic E-state index is 13.2. The fourth-order valence-electron chi connectivity index (χ4n) is 1.37. The summed E-state index contributed by atoms with van der Waals surface area (Å²) in [5.74, 6) is 0.156. The molecule has 0 spiro atoms. The van der Waals surface area contributed by atoms with Crippen LogP contribution in [0, 0.1) is 5.82 Å². The van der Waals surface area contributed by atoms with Gasteiger partial charge in [-0.05, 0) is 43.5 Å². The summed E-state index contributed by atoms with van der Waals surface area (Å²) in [5, 5.41) is 0. The van der Waals surface area contributed by atoms with Gasteiger partial charge in [-0.15, -0.1) is 0 Å². The van der Waals surface area contributed by atoms with E-state index in [4.69, 9.17) is 4.74 Å². The maximum atomic E-state index is 13.2. The molecular formula is C13H9Br2FO. The molecule has 88 valence electrons. The highest BCUT2D eigenvalue weighted by atomic mass is 79.9. The quantitative estimate of drug-likeness (QED) is 0.706. The molecule has 0 aliphatic rings. The van der Waals surface area contributed by atoms with Crippen LogP contribution in [-0.2, 0) is 6.61 Å². The lowest BCUT2D eigenvalue weighted by Gasteiger charge is -2.09. The van der Waals surface area contributed by atoms with E-state index in [-0.39, 0.29) is 5.82 Å². The largest absolute Gasteiger partial charge is 0.488 e. The summed E-state index contributed by atoms with van der Waals surface area (Å²) in [5.41, 5.74) is 1.04. The van der Waals surface area contributed by atoms with E-state index in [1.165, 1.54) is 12.1 Å². The summed E-state index contributed by atoms with van der Waals surface area (Å²) >= 11 is 6.61. The van der Waals surface area contributed by atoms with Gasteiger partial charge in [0.2, 0.25) is 0 Å². The standard InChI is InChI=1S/C13H9Br2FO/c14-11-6-10(16)7-12(13(11)15)17-8-9-4-2-1-3-5-9/h1-7H,8H2. The van der Waals surface area contributed by atoms with Gasteiger partial charge < -0.3 is 4.74 Å². The third-order valence-corrected chi connectivity index (χ3v) is 4.17. The van der Waals surface area contributed by atoms with Gasteiger partial charge in [0.15, 0.2) is 0 Å². The summed E-state index contributed by atoms with van der Waals surface area (Å²) < 4.78 is 20.1. The van der Waals surface area contributed by atoms with Crippen LogP contribution in [0.3, 0.4) is 0 Å². The topological polar surface area (TPSA) is 9.23 Å². The van der Waals surface area contributed by atoms with Crippen LogP contribution < -0.4 is 4.74 Å². The van der Waals surface area contributed by atoms with Gasteiger partial charge in [-0.25, -0.2) is 4.39 Å². The summed E-state index contributed by atoms with van der Waals surface area (Å²) in [7, 11) is 0. The minimum atomic E-state index is -0.330. The first-order chi connectivity index (χ1) is 8.16.